The highest BCUT2D eigenvalue weighted by molar-refractivity contribution is 5.94. The van der Waals surface area contributed by atoms with Crippen LogP contribution >= 0.6 is 0 Å². The van der Waals surface area contributed by atoms with Gasteiger partial charge in [-0.2, -0.15) is 0 Å². The van der Waals surface area contributed by atoms with Crippen molar-refractivity contribution in [2.75, 3.05) is 20.8 Å². The Labute approximate surface area is 147 Å². The van der Waals surface area contributed by atoms with Gasteiger partial charge in [-0.15, -0.1) is 0 Å². The quantitative estimate of drug-likeness (QED) is 0.723. The van der Waals surface area contributed by atoms with Crippen LogP contribution in [-0.4, -0.2) is 31.7 Å². The van der Waals surface area contributed by atoms with Crippen molar-refractivity contribution in [3.8, 4) is 11.5 Å². The second kappa shape index (κ2) is 7.30. The van der Waals surface area contributed by atoms with Gasteiger partial charge < -0.3 is 19.8 Å². The zero-order chi connectivity index (χ0) is 17.8. The molecule has 0 saturated carbocycles. The van der Waals surface area contributed by atoms with Crippen molar-refractivity contribution in [2.24, 2.45) is 0 Å². The Balaban J connectivity index is 1.70. The number of carbonyl (C=O) groups is 1. The maximum atomic E-state index is 12.3. The summed E-state index contributed by atoms with van der Waals surface area (Å²) in [6, 6.07) is 13.1. The largest absolute Gasteiger partial charge is 0.497 e. The molecule has 0 fully saturated rings. The number of rotatable bonds is 6. The summed E-state index contributed by atoms with van der Waals surface area (Å²) in [5, 5.41) is 4.10. The van der Waals surface area contributed by atoms with E-state index in [2.05, 4.69) is 10.3 Å². The van der Waals surface area contributed by atoms with Gasteiger partial charge in [0.1, 0.15) is 11.5 Å². The number of hydrogen-bond acceptors (Lipinski definition) is 3. The lowest BCUT2D eigenvalue weighted by Crippen LogP contribution is -2.25. The number of carbonyl (C=O) groups excluding carboxylic acids is 1. The minimum atomic E-state index is -0.103. The first-order valence-electron chi connectivity index (χ1n) is 8.20. The minimum Gasteiger partial charge on any atom is -0.497 e. The second-order valence-corrected chi connectivity index (χ2v) is 5.88. The highest BCUT2D eigenvalue weighted by Gasteiger charge is 2.11. The predicted molar refractivity (Wildman–Crippen MR) is 98.6 cm³/mol. The van der Waals surface area contributed by atoms with Gasteiger partial charge in [-0.25, -0.2) is 0 Å². The Hall–Kier alpha value is -2.95. The van der Waals surface area contributed by atoms with E-state index in [-0.39, 0.29) is 5.91 Å². The first-order valence-corrected chi connectivity index (χ1v) is 8.20. The van der Waals surface area contributed by atoms with Crippen molar-refractivity contribution in [1.82, 2.24) is 10.3 Å². The van der Waals surface area contributed by atoms with E-state index in [1.807, 2.05) is 37.3 Å². The van der Waals surface area contributed by atoms with E-state index in [4.69, 9.17) is 9.47 Å². The van der Waals surface area contributed by atoms with E-state index in [0.29, 0.717) is 17.9 Å². The third kappa shape index (κ3) is 3.60. The van der Waals surface area contributed by atoms with Crippen molar-refractivity contribution in [2.45, 2.75) is 13.3 Å². The number of H-pyrrole nitrogens is 1. The molecule has 2 N–H and O–H groups in total. The van der Waals surface area contributed by atoms with Gasteiger partial charge in [-0.1, -0.05) is 6.07 Å². The molecule has 0 saturated heterocycles. The Bertz CT molecular complexity index is 899. The maximum Gasteiger partial charge on any atom is 0.251 e. The fourth-order valence-electron chi connectivity index (χ4n) is 2.98. The zero-order valence-corrected chi connectivity index (χ0v) is 14.7. The molecule has 3 aromatic rings. The molecule has 5 heteroatoms. The Morgan fingerprint density at radius 1 is 1.08 bits per heavy atom. The standard InChI is InChI=1S/C20H22N2O3/c1-13-17(18-12-16(25-3)7-8-19(18)22-13)9-10-21-20(23)14-5-4-6-15(11-14)24-2/h4-8,11-12,22H,9-10H2,1-3H3,(H,21,23). The van der Waals surface area contributed by atoms with Crippen LogP contribution < -0.4 is 14.8 Å². The summed E-state index contributed by atoms with van der Waals surface area (Å²) in [7, 11) is 3.25. The molecule has 0 aliphatic rings. The summed E-state index contributed by atoms with van der Waals surface area (Å²) in [6.07, 6.45) is 0.745. The van der Waals surface area contributed by atoms with Gasteiger partial charge in [0.15, 0.2) is 0 Å². The Morgan fingerprint density at radius 3 is 2.60 bits per heavy atom. The molecule has 3 rings (SSSR count). The van der Waals surface area contributed by atoms with Crippen molar-refractivity contribution >= 4 is 16.8 Å². The SMILES string of the molecule is COc1cccc(C(=O)NCCc2c(C)[nH]c3ccc(OC)cc23)c1. The predicted octanol–water partition coefficient (Wildman–Crippen LogP) is 3.47. The van der Waals surface area contributed by atoms with Gasteiger partial charge in [0, 0.05) is 28.7 Å². The van der Waals surface area contributed by atoms with Crippen LogP contribution in [0.2, 0.25) is 0 Å². The molecule has 0 atom stereocenters. The lowest BCUT2D eigenvalue weighted by Gasteiger charge is -2.07. The topological polar surface area (TPSA) is 63.3 Å². The number of ether oxygens (including phenoxy) is 2. The third-order valence-corrected chi connectivity index (χ3v) is 4.32. The molecule has 1 aromatic heterocycles. The van der Waals surface area contributed by atoms with Crippen LogP contribution in [0.5, 0.6) is 11.5 Å². The molecule has 130 valence electrons. The lowest BCUT2D eigenvalue weighted by atomic mass is 10.1. The summed E-state index contributed by atoms with van der Waals surface area (Å²) in [5.41, 5.74) is 3.97. The molecule has 1 heterocycles. The van der Waals surface area contributed by atoms with Gasteiger partial charge in [-0.05, 0) is 55.3 Å². The fourth-order valence-corrected chi connectivity index (χ4v) is 2.98. The average Bonchev–Trinajstić information content (AvgIpc) is 2.96. The molecule has 0 radical (unpaired) electrons. The molecule has 1 amide bonds. The Kier molecular flexibility index (Phi) is 4.93. The van der Waals surface area contributed by atoms with E-state index >= 15 is 0 Å². The third-order valence-electron chi connectivity index (χ3n) is 4.32. The minimum absolute atomic E-state index is 0.103. The number of aryl methyl sites for hydroxylation is 1. The molecular formula is C20H22N2O3. The first-order chi connectivity index (χ1) is 12.1. The number of methoxy groups -OCH3 is 2. The van der Waals surface area contributed by atoms with E-state index in [9.17, 15) is 4.79 Å². The molecule has 0 aliphatic carbocycles. The summed E-state index contributed by atoms with van der Waals surface area (Å²) in [6.45, 7) is 2.60. The molecule has 0 unspecified atom stereocenters. The number of aromatic nitrogens is 1. The van der Waals surface area contributed by atoms with Gasteiger partial charge in [0.25, 0.3) is 5.91 Å². The van der Waals surface area contributed by atoms with E-state index in [1.54, 1.807) is 26.4 Å². The number of aromatic amines is 1. The van der Waals surface area contributed by atoms with Crippen LogP contribution in [0.3, 0.4) is 0 Å². The number of benzene rings is 2. The molecule has 2 aromatic carbocycles. The van der Waals surface area contributed by atoms with Crippen LogP contribution in [0.25, 0.3) is 10.9 Å². The first kappa shape index (κ1) is 16.9. The second-order valence-electron chi connectivity index (χ2n) is 5.88. The highest BCUT2D eigenvalue weighted by atomic mass is 16.5. The van der Waals surface area contributed by atoms with Crippen LogP contribution in [0, 0.1) is 6.92 Å². The van der Waals surface area contributed by atoms with Crippen molar-refractivity contribution in [1.29, 1.82) is 0 Å². The van der Waals surface area contributed by atoms with Gasteiger partial charge >= 0.3 is 0 Å². The zero-order valence-electron chi connectivity index (χ0n) is 14.7. The number of fused-ring (bicyclic) bond motifs is 1. The number of hydrogen-bond donors (Lipinski definition) is 2. The van der Waals surface area contributed by atoms with Crippen molar-refractivity contribution < 1.29 is 14.3 Å². The highest BCUT2D eigenvalue weighted by Crippen LogP contribution is 2.26. The van der Waals surface area contributed by atoms with Crippen LogP contribution in [0.15, 0.2) is 42.5 Å². The van der Waals surface area contributed by atoms with E-state index < -0.39 is 0 Å². The van der Waals surface area contributed by atoms with Crippen molar-refractivity contribution in [3.63, 3.8) is 0 Å². The maximum absolute atomic E-state index is 12.3. The normalized spacial score (nSPS) is 10.7. The van der Waals surface area contributed by atoms with Crippen LogP contribution in [0.4, 0.5) is 0 Å². The van der Waals surface area contributed by atoms with Crippen LogP contribution in [-0.2, 0) is 6.42 Å². The molecule has 25 heavy (non-hydrogen) atoms. The lowest BCUT2D eigenvalue weighted by molar-refractivity contribution is 0.0954. The molecular weight excluding hydrogens is 316 g/mol. The van der Waals surface area contributed by atoms with Gasteiger partial charge in [0.05, 0.1) is 14.2 Å². The molecule has 5 nitrogen and oxygen atoms in total. The monoisotopic (exact) mass is 338 g/mol. The smallest absolute Gasteiger partial charge is 0.251 e. The van der Waals surface area contributed by atoms with Gasteiger partial charge in [0.2, 0.25) is 0 Å². The van der Waals surface area contributed by atoms with Crippen molar-refractivity contribution in [3.05, 3.63) is 59.3 Å². The van der Waals surface area contributed by atoms with Gasteiger partial charge in [-0.3, -0.25) is 4.79 Å². The Morgan fingerprint density at radius 2 is 1.84 bits per heavy atom. The fraction of sp³-hybridized carbons (Fsp3) is 0.250. The molecule has 0 aliphatic heterocycles. The summed E-state index contributed by atoms with van der Waals surface area (Å²) in [5.74, 6) is 1.40. The summed E-state index contributed by atoms with van der Waals surface area (Å²) in [4.78, 5) is 15.7. The molecule has 0 bridgehead atoms. The average molecular weight is 338 g/mol. The van der Waals surface area contributed by atoms with E-state index in [1.165, 1.54) is 5.56 Å². The molecule has 0 spiro atoms. The number of amides is 1. The number of nitrogens with one attached hydrogen (secondary N) is 2. The summed E-state index contributed by atoms with van der Waals surface area (Å²) >= 11 is 0. The van der Waals surface area contributed by atoms with E-state index in [0.717, 1.165) is 28.8 Å². The summed E-state index contributed by atoms with van der Waals surface area (Å²) < 4.78 is 10.5. The van der Waals surface area contributed by atoms with Crippen LogP contribution in [0.1, 0.15) is 21.6 Å².